The predicted molar refractivity (Wildman–Crippen MR) is 75.6 cm³/mol. The second-order valence-corrected chi connectivity index (χ2v) is 5.56. The summed E-state index contributed by atoms with van der Waals surface area (Å²) < 4.78 is 14.0. The van der Waals surface area contributed by atoms with Crippen LogP contribution in [-0.4, -0.2) is 52.3 Å². The van der Waals surface area contributed by atoms with Crippen molar-refractivity contribution in [3.05, 3.63) is 22.0 Å². The molecule has 2 atom stereocenters. The van der Waals surface area contributed by atoms with E-state index < -0.39 is 24.2 Å². The van der Waals surface area contributed by atoms with Crippen molar-refractivity contribution in [1.82, 2.24) is 15.2 Å². The Morgan fingerprint density at radius 3 is 2.62 bits per heavy atom. The summed E-state index contributed by atoms with van der Waals surface area (Å²) in [5.74, 6) is -0.432. The summed E-state index contributed by atoms with van der Waals surface area (Å²) in [5, 5.41) is 11.9. The van der Waals surface area contributed by atoms with Crippen molar-refractivity contribution in [2.45, 2.75) is 32.5 Å². The summed E-state index contributed by atoms with van der Waals surface area (Å²) in [6.45, 7) is 3.42. The van der Waals surface area contributed by atoms with Crippen LogP contribution in [0.1, 0.15) is 28.2 Å². The minimum absolute atomic E-state index is 0.199. The normalized spacial score (nSPS) is 22.2. The summed E-state index contributed by atoms with van der Waals surface area (Å²) in [7, 11) is 0. The Kier molecular flexibility index (Phi) is 4.41. The molecule has 2 rings (SSSR count). The fraction of sp³-hybridized carbons (Fsp3) is 0.538. The number of rotatable bonds is 2. The number of hydrogen-bond donors (Lipinski definition) is 3. The van der Waals surface area contributed by atoms with Gasteiger partial charge in [0.25, 0.3) is 5.91 Å². The van der Waals surface area contributed by atoms with Gasteiger partial charge < -0.3 is 20.3 Å². The van der Waals surface area contributed by atoms with E-state index in [-0.39, 0.29) is 19.5 Å². The first-order valence-corrected chi connectivity index (χ1v) is 6.96. The average molecular weight is 318 g/mol. The van der Waals surface area contributed by atoms with Gasteiger partial charge in [0, 0.05) is 12.2 Å². The van der Waals surface area contributed by atoms with E-state index >= 15 is 0 Å². The number of nitrogens with one attached hydrogen (secondary N) is 2. The second kappa shape index (κ2) is 5.93. The predicted octanol–water partition coefficient (Wildman–Crippen LogP) is 2.11. The highest BCUT2D eigenvalue weighted by atomic mass is 35.5. The van der Waals surface area contributed by atoms with E-state index in [0.29, 0.717) is 22.0 Å². The van der Waals surface area contributed by atoms with Crippen molar-refractivity contribution < 1.29 is 19.1 Å². The van der Waals surface area contributed by atoms with Gasteiger partial charge in [0.15, 0.2) is 0 Å². The van der Waals surface area contributed by atoms with E-state index in [1.54, 1.807) is 13.8 Å². The number of aromatic nitrogens is 1. The lowest BCUT2D eigenvalue weighted by Gasteiger charge is -2.33. The zero-order valence-electron chi connectivity index (χ0n) is 11.7. The molecule has 3 N–H and O–H groups in total. The molecule has 0 bridgehead atoms. The number of hydrogen-bond acceptors (Lipinski definition) is 2. The van der Waals surface area contributed by atoms with Crippen molar-refractivity contribution in [2.24, 2.45) is 0 Å². The van der Waals surface area contributed by atoms with Crippen LogP contribution in [-0.2, 0) is 0 Å². The zero-order valence-corrected chi connectivity index (χ0v) is 12.5. The maximum atomic E-state index is 14.0. The highest BCUT2D eigenvalue weighted by molar-refractivity contribution is 6.32. The number of carbonyl (C=O) groups excluding carboxylic acids is 1. The smallest absolute Gasteiger partial charge is 0.407 e. The minimum atomic E-state index is -1.43. The number of nitrogens with zero attached hydrogens (tertiary/aromatic N) is 1. The third-order valence-corrected chi connectivity index (χ3v) is 4.27. The Bertz CT molecular complexity index is 575. The van der Waals surface area contributed by atoms with Gasteiger partial charge in [-0.2, -0.15) is 0 Å². The number of aryl methyl sites for hydroxylation is 1. The molecule has 1 aromatic rings. The average Bonchev–Trinajstić information content (AvgIpc) is 2.68. The van der Waals surface area contributed by atoms with E-state index in [9.17, 15) is 14.0 Å². The standard InChI is InChI=1S/C13H17ClFN3O3/c1-6-10(14)7(2)16-11(6)12(19)17-9-3-4-18(13(20)21)5-8(9)15/h8-9,16H,3-5H2,1-2H3,(H,17,19)(H,20,21)/t8-,9+/m0/s1. The van der Waals surface area contributed by atoms with Crippen molar-refractivity contribution in [2.75, 3.05) is 13.1 Å². The van der Waals surface area contributed by atoms with E-state index in [1.165, 1.54) is 0 Å². The quantitative estimate of drug-likeness (QED) is 0.781. The Balaban J connectivity index is 2.03. The maximum Gasteiger partial charge on any atom is 0.407 e. The van der Waals surface area contributed by atoms with E-state index in [4.69, 9.17) is 16.7 Å². The molecule has 116 valence electrons. The van der Waals surface area contributed by atoms with Gasteiger partial charge in [0.2, 0.25) is 0 Å². The van der Waals surface area contributed by atoms with Crippen LogP contribution < -0.4 is 5.32 Å². The molecule has 0 saturated carbocycles. The lowest BCUT2D eigenvalue weighted by atomic mass is 10.0. The highest BCUT2D eigenvalue weighted by Crippen LogP contribution is 2.23. The molecule has 1 aliphatic heterocycles. The molecule has 21 heavy (non-hydrogen) atoms. The summed E-state index contributed by atoms with van der Waals surface area (Å²) >= 11 is 6.01. The number of aromatic amines is 1. The summed E-state index contributed by atoms with van der Waals surface area (Å²) in [4.78, 5) is 26.8. The number of likely N-dealkylation sites (tertiary alicyclic amines) is 1. The number of H-pyrrole nitrogens is 1. The molecule has 0 spiro atoms. The maximum absolute atomic E-state index is 14.0. The Morgan fingerprint density at radius 1 is 1.48 bits per heavy atom. The molecule has 2 heterocycles. The summed E-state index contributed by atoms with van der Waals surface area (Å²) in [5.41, 5.74) is 1.60. The Morgan fingerprint density at radius 2 is 2.14 bits per heavy atom. The monoisotopic (exact) mass is 317 g/mol. The number of halogens is 2. The van der Waals surface area contributed by atoms with Gasteiger partial charge in [0.1, 0.15) is 11.9 Å². The van der Waals surface area contributed by atoms with Crippen molar-refractivity contribution in [1.29, 1.82) is 0 Å². The second-order valence-electron chi connectivity index (χ2n) is 5.18. The molecule has 2 amide bonds. The molecule has 1 aromatic heterocycles. The molecular weight excluding hydrogens is 301 g/mol. The van der Waals surface area contributed by atoms with Crippen LogP contribution in [0.3, 0.4) is 0 Å². The molecule has 0 unspecified atom stereocenters. The van der Waals surface area contributed by atoms with E-state index in [2.05, 4.69) is 10.3 Å². The van der Waals surface area contributed by atoms with Gasteiger partial charge in [-0.3, -0.25) is 4.79 Å². The molecular formula is C13H17ClFN3O3. The molecule has 1 saturated heterocycles. The molecule has 0 radical (unpaired) electrons. The Labute approximate surface area is 126 Å². The van der Waals surface area contributed by atoms with Crippen LogP contribution >= 0.6 is 11.6 Å². The highest BCUT2D eigenvalue weighted by Gasteiger charge is 2.33. The number of carbonyl (C=O) groups is 2. The van der Waals surface area contributed by atoms with E-state index in [0.717, 1.165) is 4.90 Å². The van der Waals surface area contributed by atoms with Crippen LogP contribution in [0.2, 0.25) is 5.02 Å². The van der Waals surface area contributed by atoms with Gasteiger partial charge in [-0.05, 0) is 25.8 Å². The first-order valence-electron chi connectivity index (χ1n) is 6.58. The van der Waals surface area contributed by atoms with Crippen molar-refractivity contribution in [3.63, 3.8) is 0 Å². The van der Waals surface area contributed by atoms with Gasteiger partial charge in [0.05, 0.1) is 17.6 Å². The molecule has 1 fully saturated rings. The largest absolute Gasteiger partial charge is 0.465 e. The number of amides is 2. The Hall–Kier alpha value is -1.76. The first kappa shape index (κ1) is 15.6. The fourth-order valence-electron chi connectivity index (χ4n) is 2.44. The SMILES string of the molecule is Cc1[nH]c(C(=O)N[C@@H]2CCN(C(=O)O)C[C@@H]2F)c(C)c1Cl. The molecule has 6 nitrogen and oxygen atoms in total. The van der Waals surface area contributed by atoms with Crippen LogP contribution in [0.5, 0.6) is 0 Å². The minimum Gasteiger partial charge on any atom is -0.465 e. The third kappa shape index (κ3) is 3.12. The van der Waals surface area contributed by atoms with Crippen LogP contribution in [0.25, 0.3) is 0 Å². The van der Waals surface area contributed by atoms with Gasteiger partial charge in [-0.15, -0.1) is 0 Å². The summed E-state index contributed by atoms with van der Waals surface area (Å²) in [6.07, 6.45) is -2.33. The lowest BCUT2D eigenvalue weighted by Crippen LogP contribution is -2.53. The van der Waals surface area contributed by atoms with E-state index in [1.807, 2.05) is 0 Å². The molecule has 0 aliphatic carbocycles. The fourth-order valence-corrected chi connectivity index (χ4v) is 2.58. The van der Waals surface area contributed by atoms with Crippen LogP contribution in [0.4, 0.5) is 9.18 Å². The van der Waals surface area contributed by atoms with Crippen LogP contribution in [0, 0.1) is 13.8 Å². The molecule has 8 heteroatoms. The zero-order chi connectivity index (χ0) is 15.7. The molecule has 1 aliphatic rings. The van der Waals surface area contributed by atoms with Gasteiger partial charge in [-0.1, -0.05) is 11.6 Å². The van der Waals surface area contributed by atoms with Crippen LogP contribution in [0.15, 0.2) is 0 Å². The van der Waals surface area contributed by atoms with Crippen molar-refractivity contribution >= 4 is 23.6 Å². The van der Waals surface area contributed by atoms with Gasteiger partial charge in [-0.25, -0.2) is 9.18 Å². The van der Waals surface area contributed by atoms with Crippen molar-refractivity contribution in [3.8, 4) is 0 Å². The lowest BCUT2D eigenvalue weighted by molar-refractivity contribution is 0.0749. The number of carboxylic acid groups (broad SMARTS) is 1. The van der Waals surface area contributed by atoms with Gasteiger partial charge >= 0.3 is 6.09 Å². The summed E-state index contributed by atoms with van der Waals surface area (Å²) in [6, 6.07) is -0.699. The molecule has 0 aromatic carbocycles. The number of alkyl halides is 1. The topological polar surface area (TPSA) is 85.4 Å². The first-order chi connectivity index (χ1) is 9.81. The third-order valence-electron chi connectivity index (χ3n) is 3.70. The number of piperidine rings is 1.